The molecule has 0 fully saturated rings. The van der Waals surface area contributed by atoms with Crippen LogP contribution in [0, 0.1) is 0 Å². The smallest absolute Gasteiger partial charge is 0.113 e. The van der Waals surface area contributed by atoms with E-state index >= 15 is 0 Å². The third-order valence-electron chi connectivity index (χ3n) is 1.37. The standard InChI is InChI=1S/C9H12BN/c1-7(2)11-9-5-3-8(10)4-6-9/h3-7,11H,1-2H3. The zero-order chi connectivity index (χ0) is 8.27. The molecule has 0 aromatic heterocycles. The van der Waals surface area contributed by atoms with Crippen molar-refractivity contribution in [2.24, 2.45) is 0 Å². The highest BCUT2D eigenvalue weighted by Gasteiger charge is 1.92. The minimum atomic E-state index is 0.471. The summed E-state index contributed by atoms with van der Waals surface area (Å²) in [6.07, 6.45) is 0. The Bertz CT molecular complexity index is 216. The van der Waals surface area contributed by atoms with Gasteiger partial charge in [-0.1, -0.05) is 17.6 Å². The number of hydrogen-bond donors (Lipinski definition) is 1. The van der Waals surface area contributed by atoms with E-state index < -0.39 is 0 Å². The Morgan fingerprint density at radius 3 is 2.18 bits per heavy atom. The van der Waals surface area contributed by atoms with Gasteiger partial charge >= 0.3 is 0 Å². The van der Waals surface area contributed by atoms with Crippen molar-refractivity contribution in [3.8, 4) is 0 Å². The molecule has 11 heavy (non-hydrogen) atoms. The number of hydrogen-bond acceptors (Lipinski definition) is 1. The summed E-state index contributed by atoms with van der Waals surface area (Å²) in [7, 11) is 5.53. The monoisotopic (exact) mass is 145 g/mol. The van der Waals surface area contributed by atoms with Gasteiger partial charge in [-0.3, -0.25) is 0 Å². The van der Waals surface area contributed by atoms with Crippen molar-refractivity contribution in [2.75, 3.05) is 5.32 Å². The van der Waals surface area contributed by atoms with Crippen molar-refractivity contribution >= 4 is 19.0 Å². The van der Waals surface area contributed by atoms with E-state index in [-0.39, 0.29) is 0 Å². The Morgan fingerprint density at radius 2 is 1.73 bits per heavy atom. The van der Waals surface area contributed by atoms with Crippen molar-refractivity contribution in [1.82, 2.24) is 0 Å². The number of anilines is 1. The van der Waals surface area contributed by atoms with E-state index in [1.54, 1.807) is 0 Å². The van der Waals surface area contributed by atoms with Crippen LogP contribution in [0.25, 0.3) is 0 Å². The lowest BCUT2D eigenvalue weighted by Crippen LogP contribution is -2.10. The van der Waals surface area contributed by atoms with Gasteiger partial charge in [0.1, 0.15) is 7.85 Å². The topological polar surface area (TPSA) is 12.0 Å². The van der Waals surface area contributed by atoms with Gasteiger partial charge in [0, 0.05) is 11.7 Å². The maximum atomic E-state index is 5.53. The van der Waals surface area contributed by atoms with Crippen LogP contribution in [0.5, 0.6) is 0 Å². The van der Waals surface area contributed by atoms with Gasteiger partial charge in [0.05, 0.1) is 0 Å². The van der Waals surface area contributed by atoms with Gasteiger partial charge in [-0.25, -0.2) is 0 Å². The first kappa shape index (κ1) is 8.18. The molecule has 1 N–H and O–H groups in total. The van der Waals surface area contributed by atoms with Crippen molar-refractivity contribution in [2.45, 2.75) is 19.9 Å². The van der Waals surface area contributed by atoms with Crippen LogP contribution >= 0.6 is 0 Å². The molecule has 1 rings (SSSR count). The normalized spacial score (nSPS) is 10.1. The molecule has 0 amide bonds. The fourth-order valence-corrected chi connectivity index (χ4v) is 0.913. The number of rotatable bonds is 2. The first-order valence-electron chi connectivity index (χ1n) is 3.80. The highest BCUT2D eigenvalue weighted by atomic mass is 14.9. The molecule has 0 aliphatic carbocycles. The third-order valence-corrected chi connectivity index (χ3v) is 1.37. The molecule has 0 atom stereocenters. The zero-order valence-electron chi connectivity index (χ0n) is 6.96. The molecule has 0 saturated carbocycles. The average Bonchev–Trinajstić information content (AvgIpc) is 1.93. The lowest BCUT2D eigenvalue weighted by atomic mass is 9.96. The minimum absolute atomic E-state index is 0.471. The van der Waals surface area contributed by atoms with Crippen LogP contribution < -0.4 is 10.8 Å². The lowest BCUT2D eigenvalue weighted by Gasteiger charge is -2.09. The van der Waals surface area contributed by atoms with Gasteiger partial charge in [0.25, 0.3) is 0 Å². The third kappa shape index (κ3) is 2.66. The highest BCUT2D eigenvalue weighted by Crippen LogP contribution is 2.04. The summed E-state index contributed by atoms with van der Waals surface area (Å²) in [4.78, 5) is 0. The van der Waals surface area contributed by atoms with E-state index in [1.165, 1.54) is 0 Å². The second-order valence-electron chi connectivity index (χ2n) is 2.92. The fraction of sp³-hybridized carbons (Fsp3) is 0.333. The predicted octanol–water partition coefficient (Wildman–Crippen LogP) is 1.30. The molecular formula is C9H12BN. The molecule has 0 saturated heterocycles. The average molecular weight is 145 g/mol. The maximum absolute atomic E-state index is 5.53. The van der Waals surface area contributed by atoms with Crippen LogP contribution in [-0.2, 0) is 0 Å². The summed E-state index contributed by atoms with van der Waals surface area (Å²) in [6, 6.07) is 8.22. The Hall–Kier alpha value is -0.915. The van der Waals surface area contributed by atoms with Crippen LogP contribution in [-0.4, -0.2) is 13.9 Å². The molecule has 0 aliphatic rings. The van der Waals surface area contributed by atoms with Gasteiger partial charge in [0.15, 0.2) is 0 Å². The van der Waals surface area contributed by atoms with Gasteiger partial charge in [-0.05, 0) is 26.0 Å². The van der Waals surface area contributed by atoms with Crippen molar-refractivity contribution in [1.29, 1.82) is 0 Å². The largest absolute Gasteiger partial charge is 0.383 e. The summed E-state index contributed by atoms with van der Waals surface area (Å²) in [5.41, 5.74) is 1.92. The summed E-state index contributed by atoms with van der Waals surface area (Å²) >= 11 is 0. The Morgan fingerprint density at radius 1 is 1.18 bits per heavy atom. The molecule has 1 aromatic carbocycles. The maximum Gasteiger partial charge on any atom is 0.113 e. The first-order chi connectivity index (χ1) is 5.18. The summed E-state index contributed by atoms with van der Waals surface area (Å²) in [5, 5.41) is 3.28. The zero-order valence-corrected chi connectivity index (χ0v) is 6.96. The molecule has 1 aromatic rings. The molecule has 0 spiro atoms. The molecule has 2 heteroatoms. The number of benzene rings is 1. The summed E-state index contributed by atoms with van der Waals surface area (Å²) in [5.74, 6) is 0. The lowest BCUT2D eigenvalue weighted by molar-refractivity contribution is 0.900. The molecule has 0 heterocycles. The molecular weight excluding hydrogens is 133 g/mol. The SMILES string of the molecule is [B]c1ccc(NC(C)C)cc1. The van der Waals surface area contributed by atoms with Crippen LogP contribution in [0.1, 0.15) is 13.8 Å². The quantitative estimate of drug-likeness (QED) is 0.618. The molecule has 1 nitrogen and oxygen atoms in total. The van der Waals surface area contributed by atoms with E-state index in [0.717, 1.165) is 11.2 Å². The van der Waals surface area contributed by atoms with E-state index in [4.69, 9.17) is 7.85 Å². The minimum Gasteiger partial charge on any atom is -0.383 e. The van der Waals surface area contributed by atoms with E-state index in [9.17, 15) is 0 Å². The molecule has 0 unspecified atom stereocenters. The van der Waals surface area contributed by atoms with Gasteiger partial charge < -0.3 is 5.32 Å². The second-order valence-corrected chi connectivity index (χ2v) is 2.92. The summed E-state index contributed by atoms with van der Waals surface area (Å²) in [6.45, 7) is 4.21. The van der Waals surface area contributed by atoms with Gasteiger partial charge in [-0.2, -0.15) is 0 Å². The Kier molecular flexibility index (Phi) is 2.58. The van der Waals surface area contributed by atoms with Gasteiger partial charge in [-0.15, -0.1) is 0 Å². The van der Waals surface area contributed by atoms with Crippen molar-refractivity contribution in [3.05, 3.63) is 24.3 Å². The predicted molar refractivity (Wildman–Crippen MR) is 50.6 cm³/mol. The van der Waals surface area contributed by atoms with Crippen LogP contribution in [0.2, 0.25) is 0 Å². The van der Waals surface area contributed by atoms with E-state index in [2.05, 4.69) is 19.2 Å². The van der Waals surface area contributed by atoms with E-state index in [0.29, 0.717) is 6.04 Å². The number of nitrogens with one attached hydrogen (secondary N) is 1. The first-order valence-corrected chi connectivity index (χ1v) is 3.80. The van der Waals surface area contributed by atoms with Crippen LogP contribution in [0.4, 0.5) is 5.69 Å². The Labute approximate surface area is 69.2 Å². The van der Waals surface area contributed by atoms with Gasteiger partial charge in [0.2, 0.25) is 0 Å². The molecule has 56 valence electrons. The molecule has 0 bridgehead atoms. The van der Waals surface area contributed by atoms with Crippen molar-refractivity contribution < 1.29 is 0 Å². The van der Waals surface area contributed by atoms with E-state index in [1.807, 2.05) is 24.3 Å². The summed E-state index contributed by atoms with van der Waals surface area (Å²) < 4.78 is 0. The van der Waals surface area contributed by atoms with Crippen LogP contribution in [0.15, 0.2) is 24.3 Å². The molecule has 0 aliphatic heterocycles. The van der Waals surface area contributed by atoms with Crippen LogP contribution in [0.3, 0.4) is 0 Å². The Balaban J connectivity index is 2.66. The fourth-order valence-electron chi connectivity index (χ4n) is 0.913. The van der Waals surface area contributed by atoms with Crippen molar-refractivity contribution in [3.63, 3.8) is 0 Å². The second kappa shape index (κ2) is 3.47. The highest BCUT2D eigenvalue weighted by molar-refractivity contribution is 6.32. The molecule has 2 radical (unpaired) electrons.